The van der Waals surface area contributed by atoms with Crippen LogP contribution >= 0.6 is 0 Å². The first-order chi connectivity index (χ1) is 7.20. The first kappa shape index (κ1) is 14.4. The molecule has 0 aliphatic rings. The second-order valence-electron chi connectivity index (χ2n) is 3.65. The van der Waals surface area contributed by atoms with Gasteiger partial charge in [-0.15, -0.1) is 0 Å². The van der Waals surface area contributed by atoms with Crippen LogP contribution < -0.4 is 11.1 Å². The summed E-state index contributed by atoms with van der Waals surface area (Å²) in [5.41, 5.74) is 5.75. The zero-order valence-electron chi connectivity index (χ0n) is 9.92. The number of carbonyl (C=O) groups excluding carboxylic acids is 1. The fourth-order valence-electron chi connectivity index (χ4n) is 1.33. The minimum Gasteiger partial charge on any atom is -0.382 e. The zero-order valence-corrected chi connectivity index (χ0v) is 9.92. The van der Waals surface area contributed by atoms with Gasteiger partial charge in [-0.1, -0.05) is 13.3 Å². The Balaban J connectivity index is 3.32. The minimum absolute atomic E-state index is 0.00175. The molecule has 15 heavy (non-hydrogen) atoms. The maximum absolute atomic E-state index is 11.3. The molecule has 1 amide bonds. The second kappa shape index (κ2) is 9.93. The number of rotatable bonds is 9. The van der Waals surface area contributed by atoms with Gasteiger partial charge >= 0.3 is 0 Å². The molecule has 3 N–H and O–H groups in total. The molecule has 0 rings (SSSR count). The Morgan fingerprint density at radius 1 is 1.47 bits per heavy atom. The summed E-state index contributed by atoms with van der Waals surface area (Å²) in [7, 11) is 0. The van der Waals surface area contributed by atoms with E-state index in [4.69, 9.17) is 10.5 Å². The van der Waals surface area contributed by atoms with Crippen molar-refractivity contribution in [1.29, 1.82) is 0 Å². The van der Waals surface area contributed by atoms with Crippen molar-refractivity contribution in [2.75, 3.05) is 19.8 Å². The van der Waals surface area contributed by atoms with Gasteiger partial charge in [-0.05, 0) is 19.8 Å². The molecule has 90 valence electrons. The predicted octanol–water partition coefficient (Wildman–Crippen LogP) is 1.05. The van der Waals surface area contributed by atoms with Crippen LogP contribution in [0.25, 0.3) is 0 Å². The molecule has 0 radical (unpaired) electrons. The van der Waals surface area contributed by atoms with Crippen LogP contribution in [0.4, 0.5) is 0 Å². The van der Waals surface area contributed by atoms with Gasteiger partial charge in [0, 0.05) is 32.2 Å². The third-order valence-electron chi connectivity index (χ3n) is 2.10. The Morgan fingerprint density at radius 2 is 2.20 bits per heavy atom. The molecule has 4 nitrogen and oxygen atoms in total. The zero-order chi connectivity index (χ0) is 11.5. The highest BCUT2D eigenvalue weighted by atomic mass is 16.5. The Kier molecular flexibility index (Phi) is 9.52. The van der Waals surface area contributed by atoms with Gasteiger partial charge in [-0.3, -0.25) is 4.79 Å². The first-order valence-electron chi connectivity index (χ1n) is 5.80. The summed E-state index contributed by atoms with van der Waals surface area (Å²) in [6.07, 6.45) is 3.23. The Morgan fingerprint density at radius 3 is 2.80 bits per heavy atom. The third kappa shape index (κ3) is 9.69. The molecule has 0 heterocycles. The summed E-state index contributed by atoms with van der Waals surface area (Å²) >= 11 is 0. The quantitative estimate of drug-likeness (QED) is 0.566. The molecule has 0 aliphatic heterocycles. The maximum atomic E-state index is 11.3. The summed E-state index contributed by atoms with van der Waals surface area (Å²) in [5.74, 6) is 0.0486. The van der Waals surface area contributed by atoms with Crippen LogP contribution in [0.5, 0.6) is 0 Å². The number of nitrogens with two attached hydrogens (primary N) is 1. The van der Waals surface area contributed by atoms with Crippen molar-refractivity contribution in [2.24, 2.45) is 5.73 Å². The number of carbonyl (C=O) groups is 1. The molecular formula is C11H24N2O2. The lowest BCUT2D eigenvalue weighted by molar-refractivity contribution is -0.121. The topological polar surface area (TPSA) is 64.4 Å². The Bertz CT molecular complexity index is 163. The van der Waals surface area contributed by atoms with Crippen LogP contribution in [0, 0.1) is 0 Å². The molecule has 0 saturated carbocycles. The van der Waals surface area contributed by atoms with E-state index < -0.39 is 0 Å². The van der Waals surface area contributed by atoms with Crippen molar-refractivity contribution in [2.45, 2.75) is 45.6 Å². The van der Waals surface area contributed by atoms with E-state index in [9.17, 15) is 4.79 Å². The highest BCUT2D eigenvalue weighted by Gasteiger charge is 2.07. The van der Waals surface area contributed by atoms with Crippen LogP contribution in [0.3, 0.4) is 0 Å². The van der Waals surface area contributed by atoms with Crippen LogP contribution in [0.2, 0.25) is 0 Å². The smallest absolute Gasteiger partial charge is 0.221 e. The van der Waals surface area contributed by atoms with Crippen LogP contribution in [-0.2, 0) is 9.53 Å². The van der Waals surface area contributed by atoms with Crippen LogP contribution in [-0.4, -0.2) is 31.7 Å². The van der Waals surface area contributed by atoms with Crippen molar-refractivity contribution < 1.29 is 9.53 Å². The van der Waals surface area contributed by atoms with Crippen molar-refractivity contribution in [3.8, 4) is 0 Å². The summed E-state index contributed by atoms with van der Waals surface area (Å²) in [4.78, 5) is 11.3. The van der Waals surface area contributed by atoms with Gasteiger partial charge in [-0.2, -0.15) is 0 Å². The first-order valence-corrected chi connectivity index (χ1v) is 5.80. The van der Waals surface area contributed by atoms with E-state index in [1.165, 1.54) is 0 Å². The molecule has 0 saturated heterocycles. The van der Waals surface area contributed by atoms with E-state index in [1.807, 2.05) is 6.92 Å². The van der Waals surface area contributed by atoms with Gasteiger partial charge in [0.05, 0.1) is 0 Å². The van der Waals surface area contributed by atoms with Gasteiger partial charge in [0.25, 0.3) is 0 Å². The predicted molar refractivity (Wildman–Crippen MR) is 61.6 cm³/mol. The van der Waals surface area contributed by atoms with Gasteiger partial charge in [0.15, 0.2) is 0 Å². The number of hydrogen-bond acceptors (Lipinski definition) is 3. The van der Waals surface area contributed by atoms with Crippen LogP contribution in [0.15, 0.2) is 0 Å². The largest absolute Gasteiger partial charge is 0.382 e. The van der Waals surface area contributed by atoms with E-state index in [0.717, 1.165) is 25.9 Å². The second-order valence-corrected chi connectivity index (χ2v) is 3.65. The maximum Gasteiger partial charge on any atom is 0.221 e. The fourth-order valence-corrected chi connectivity index (χ4v) is 1.33. The molecule has 0 aromatic carbocycles. The summed E-state index contributed by atoms with van der Waals surface area (Å²) in [6.45, 7) is 6.15. The van der Waals surface area contributed by atoms with Crippen molar-refractivity contribution in [3.63, 3.8) is 0 Å². The number of hydrogen-bond donors (Lipinski definition) is 2. The lowest BCUT2D eigenvalue weighted by Crippen LogP contribution is -2.32. The van der Waals surface area contributed by atoms with Gasteiger partial charge < -0.3 is 15.8 Å². The normalized spacial score (nSPS) is 12.5. The molecular weight excluding hydrogens is 192 g/mol. The molecule has 0 fully saturated rings. The SMILES string of the molecule is CCCC(N)CC(=O)NCCCOCC. The number of amides is 1. The standard InChI is InChI=1S/C11H24N2O2/c1-3-6-10(12)9-11(14)13-7-5-8-15-4-2/h10H,3-9,12H2,1-2H3,(H,13,14). The number of ether oxygens (including phenoxy) is 1. The van der Waals surface area contributed by atoms with Gasteiger partial charge in [0.1, 0.15) is 0 Å². The molecule has 1 atom stereocenters. The van der Waals surface area contributed by atoms with E-state index in [-0.39, 0.29) is 11.9 Å². The van der Waals surface area contributed by atoms with Crippen LogP contribution in [0.1, 0.15) is 39.5 Å². The Labute approximate surface area is 92.6 Å². The minimum atomic E-state index is 0.00175. The van der Waals surface area contributed by atoms with E-state index in [1.54, 1.807) is 0 Å². The fraction of sp³-hybridized carbons (Fsp3) is 0.909. The van der Waals surface area contributed by atoms with E-state index >= 15 is 0 Å². The summed E-state index contributed by atoms with van der Waals surface area (Å²) in [5, 5.41) is 2.83. The van der Waals surface area contributed by atoms with E-state index in [0.29, 0.717) is 19.6 Å². The number of nitrogens with one attached hydrogen (secondary N) is 1. The Hall–Kier alpha value is -0.610. The summed E-state index contributed by atoms with van der Waals surface area (Å²) in [6, 6.07) is 0.00175. The molecule has 1 unspecified atom stereocenters. The van der Waals surface area contributed by atoms with Gasteiger partial charge in [0.2, 0.25) is 5.91 Å². The van der Waals surface area contributed by atoms with Crippen molar-refractivity contribution >= 4 is 5.91 Å². The average molecular weight is 216 g/mol. The molecule has 0 aromatic rings. The molecule has 4 heteroatoms. The van der Waals surface area contributed by atoms with Crippen molar-refractivity contribution in [3.05, 3.63) is 0 Å². The highest BCUT2D eigenvalue weighted by Crippen LogP contribution is 1.97. The molecule has 0 aliphatic carbocycles. The molecule has 0 aromatic heterocycles. The lowest BCUT2D eigenvalue weighted by Gasteiger charge is -2.10. The average Bonchev–Trinajstić information content (AvgIpc) is 2.17. The van der Waals surface area contributed by atoms with E-state index in [2.05, 4.69) is 12.2 Å². The van der Waals surface area contributed by atoms with Gasteiger partial charge in [-0.25, -0.2) is 0 Å². The summed E-state index contributed by atoms with van der Waals surface area (Å²) < 4.78 is 5.16. The third-order valence-corrected chi connectivity index (χ3v) is 2.10. The monoisotopic (exact) mass is 216 g/mol. The van der Waals surface area contributed by atoms with Crippen molar-refractivity contribution in [1.82, 2.24) is 5.32 Å². The molecule has 0 bridgehead atoms. The lowest BCUT2D eigenvalue weighted by atomic mass is 10.1. The highest BCUT2D eigenvalue weighted by molar-refractivity contribution is 5.76. The molecule has 0 spiro atoms.